The predicted octanol–water partition coefficient (Wildman–Crippen LogP) is 0.807. The zero-order valence-electron chi connectivity index (χ0n) is 15.4. The van der Waals surface area contributed by atoms with Gasteiger partial charge in [-0.3, -0.25) is 19.7 Å². The molecule has 3 atom stereocenters. The molecule has 1 saturated carbocycles. The van der Waals surface area contributed by atoms with Gasteiger partial charge in [0.15, 0.2) is 0 Å². The van der Waals surface area contributed by atoms with Gasteiger partial charge in [0, 0.05) is 37.2 Å². The number of carbonyl (C=O) groups is 3. The number of piperidine rings is 1. The molecule has 4 rings (SSSR count). The Morgan fingerprint density at radius 2 is 1.96 bits per heavy atom. The van der Waals surface area contributed by atoms with E-state index in [9.17, 15) is 14.4 Å². The number of benzene rings is 1. The van der Waals surface area contributed by atoms with E-state index in [1.54, 1.807) is 4.90 Å². The van der Waals surface area contributed by atoms with Crippen LogP contribution >= 0.6 is 0 Å². The van der Waals surface area contributed by atoms with E-state index in [1.807, 2.05) is 18.2 Å². The van der Waals surface area contributed by atoms with Gasteiger partial charge in [-0.2, -0.15) is 0 Å². The highest BCUT2D eigenvalue weighted by molar-refractivity contribution is 6.05. The first-order valence-electron chi connectivity index (χ1n) is 9.78. The van der Waals surface area contributed by atoms with Crippen LogP contribution in [-0.4, -0.2) is 40.7 Å². The van der Waals surface area contributed by atoms with Crippen LogP contribution < -0.4 is 16.4 Å². The second-order valence-electron chi connectivity index (χ2n) is 7.83. The predicted molar refractivity (Wildman–Crippen MR) is 99.6 cm³/mol. The number of hydrogen-bond acceptors (Lipinski definition) is 5. The number of rotatable bonds is 4. The van der Waals surface area contributed by atoms with Crippen LogP contribution in [0.1, 0.15) is 60.0 Å². The average Bonchev–Trinajstić information content (AvgIpc) is 2.97. The lowest BCUT2D eigenvalue weighted by atomic mass is 9.91. The minimum atomic E-state index is -0.565. The number of hydrogen-bond donors (Lipinski definition) is 3. The molecule has 7 heteroatoms. The van der Waals surface area contributed by atoms with E-state index in [-0.39, 0.29) is 30.2 Å². The number of imide groups is 1. The zero-order chi connectivity index (χ0) is 19.0. The molecule has 3 amide bonds. The van der Waals surface area contributed by atoms with E-state index in [2.05, 4.69) is 10.6 Å². The van der Waals surface area contributed by atoms with Crippen molar-refractivity contribution in [1.29, 1.82) is 0 Å². The maximum absolute atomic E-state index is 12.9. The molecule has 0 bridgehead atoms. The quantitative estimate of drug-likeness (QED) is 0.680. The van der Waals surface area contributed by atoms with E-state index >= 15 is 0 Å². The number of carbonyl (C=O) groups excluding carboxylic acids is 3. The van der Waals surface area contributed by atoms with Gasteiger partial charge in [0.25, 0.3) is 5.91 Å². The SMILES string of the molecule is N[C@@H]1CCCC[C@H]1NCc1ccc2c(c1)C(=O)N(C1CCC(=O)NC1=O)C2. The minimum Gasteiger partial charge on any atom is -0.326 e. The highest BCUT2D eigenvalue weighted by Gasteiger charge is 2.39. The molecule has 1 saturated heterocycles. The Kier molecular flexibility index (Phi) is 4.97. The summed E-state index contributed by atoms with van der Waals surface area (Å²) >= 11 is 0. The van der Waals surface area contributed by atoms with Crippen LogP contribution in [0.5, 0.6) is 0 Å². The first-order valence-corrected chi connectivity index (χ1v) is 9.78. The van der Waals surface area contributed by atoms with Crippen molar-refractivity contribution in [1.82, 2.24) is 15.5 Å². The summed E-state index contributed by atoms with van der Waals surface area (Å²) in [5, 5.41) is 5.86. The molecule has 1 aliphatic carbocycles. The first kappa shape index (κ1) is 18.1. The lowest BCUT2D eigenvalue weighted by molar-refractivity contribution is -0.136. The molecule has 144 valence electrons. The Balaban J connectivity index is 1.43. The number of nitrogens with one attached hydrogen (secondary N) is 2. The van der Waals surface area contributed by atoms with E-state index in [0.717, 1.165) is 24.0 Å². The van der Waals surface area contributed by atoms with Crippen LogP contribution in [0.15, 0.2) is 18.2 Å². The van der Waals surface area contributed by atoms with Crippen molar-refractivity contribution in [2.75, 3.05) is 0 Å². The molecule has 7 nitrogen and oxygen atoms in total. The molecule has 27 heavy (non-hydrogen) atoms. The molecule has 2 fully saturated rings. The van der Waals surface area contributed by atoms with Crippen LogP contribution in [0.3, 0.4) is 0 Å². The lowest BCUT2D eigenvalue weighted by Gasteiger charge is -2.29. The average molecular weight is 370 g/mol. The second kappa shape index (κ2) is 7.40. The van der Waals surface area contributed by atoms with Crippen molar-refractivity contribution in [3.05, 3.63) is 34.9 Å². The van der Waals surface area contributed by atoms with E-state index < -0.39 is 6.04 Å². The standard InChI is InChI=1S/C20H26N4O3/c21-15-3-1-2-4-16(15)22-10-12-5-6-13-11-24(20(27)14(13)9-12)17-7-8-18(25)23-19(17)26/h5-6,9,15-17,22H,1-4,7-8,10-11,21H2,(H,23,25,26)/t15-,16-,17?/m1/s1. The topological polar surface area (TPSA) is 105 Å². The fraction of sp³-hybridized carbons (Fsp3) is 0.550. The van der Waals surface area contributed by atoms with Gasteiger partial charge in [-0.25, -0.2) is 0 Å². The van der Waals surface area contributed by atoms with Gasteiger partial charge in [0.05, 0.1) is 0 Å². The number of nitrogens with two attached hydrogens (primary N) is 1. The fourth-order valence-corrected chi connectivity index (χ4v) is 4.37. The molecule has 1 aromatic carbocycles. The summed E-state index contributed by atoms with van der Waals surface area (Å²) in [7, 11) is 0. The molecule has 0 radical (unpaired) electrons. The molecular formula is C20H26N4O3. The number of amides is 3. The Hall–Kier alpha value is -2.25. The molecule has 0 spiro atoms. The highest BCUT2D eigenvalue weighted by Crippen LogP contribution is 2.28. The van der Waals surface area contributed by atoms with Crippen LogP contribution in [-0.2, 0) is 22.7 Å². The van der Waals surface area contributed by atoms with Crippen molar-refractivity contribution in [3.8, 4) is 0 Å². The maximum atomic E-state index is 12.9. The van der Waals surface area contributed by atoms with Gasteiger partial charge in [-0.15, -0.1) is 0 Å². The molecule has 2 heterocycles. The smallest absolute Gasteiger partial charge is 0.255 e. The molecule has 2 aliphatic heterocycles. The third kappa shape index (κ3) is 3.61. The Labute approximate surface area is 158 Å². The first-order chi connectivity index (χ1) is 13.0. The van der Waals surface area contributed by atoms with Crippen molar-refractivity contribution in [3.63, 3.8) is 0 Å². The number of nitrogens with zero attached hydrogens (tertiary/aromatic N) is 1. The second-order valence-corrected chi connectivity index (χ2v) is 7.83. The monoisotopic (exact) mass is 370 g/mol. The molecule has 4 N–H and O–H groups in total. The maximum Gasteiger partial charge on any atom is 0.255 e. The minimum absolute atomic E-state index is 0.129. The van der Waals surface area contributed by atoms with Crippen LogP contribution in [0.25, 0.3) is 0 Å². The summed E-state index contributed by atoms with van der Waals surface area (Å²) in [5.41, 5.74) is 8.83. The summed E-state index contributed by atoms with van der Waals surface area (Å²) in [6.07, 6.45) is 5.21. The summed E-state index contributed by atoms with van der Waals surface area (Å²) < 4.78 is 0. The summed E-state index contributed by atoms with van der Waals surface area (Å²) in [6.45, 7) is 1.10. The van der Waals surface area contributed by atoms with Crippen molar-refractivity contribution in [2.45, 2.75) is 69.7 Å². The Bertz CT molecular complexity index is 778. The normalized spacial score (nSPS) is 28.3. The van der Waals surface area contributed by atoms with E-state index in [0.29, 0.717) is 31.1 Å². The van der Waals surface area contributed by atoms with E-state index in [4.69, 9.17) is 5.73 Å². The van der Waals surface area contributed by atoms with Crippen molar-refractivity contribution >= 4 is 17.7 Å². The zero-order valence-corrected chi connectivity index (χ0v) is 15.4. The largest absolute Gasteiger partial charge is 0.326 e. The van der Waals surface area contributed by atoms with Gasteiger partial charge < -0.3 is 16.0 Å². The molecule has 1 unspecified atom stereocenters. The van der Waals surface area contributed by atoms with Gasteiger partial charge in [-0.1, -0.05) is 25.0 Å². The summed E-state index contributed by atoms with van der Waals surface area (Å²) in [4.78, 5) is 37.9. The third-order valence-electron chi connectivity index (χ3n) is 5.98. The number of fused-ring (bicyclic) bond motifs is 1. The summed E-state index contributed by atoms with van der Waals surface area (Å²) in [5.74, 6) is -0.772. The molecule has 3 aliphatic rings. The Morgan fingerprint density at radius 1 is 1.15 bits per heavy atom. The lowest BCUT2D eigenvalue weighted by Crippen LogP contribution is -2.52. The van der Waals surface area contributed by atoms with Gasteiger partial charge >= 0.3 is 0 Å². The van der Waals surface area contributed by atoms with E-state index in [1.165, 1.54) is 12.8 Å². The van der Waals surface area contributed by atoms with Crippen molar-refractivity contribution < 1.29 is 14.4 Å². The molecule has 1 aromatic rings. The highest BCUT2D eigenvalue weighted by atomic mass is 16.2. The van der Waals surface area contributed by atoms with Gasteiger partial charge in [0.1, 0.15) is 6.04 Å². The third-order valence-corrected chi connectivity index (χ3v) is 5.98. The van der Waals surface area contributed by atoms with Crippen LogP contribution in [0, 0.1) is 0 Å². The molecule has 0 aromatic heterocycles. The van der Waals surface area contributed by atoms with Crippen molar-refractivity contribution in [2.24, 2.45) is 5.73 Å². The van der Waals surface area contributed by atoms with Gasteiger partial charge in [-0.05, 0) is 36.5 Å². The van der Waals surface area contributed by atoms with Crippen LogP contribution in [0.4, 0.5) is 0 Å². The fourth-order valence-electron chi connectivity index (χ4n) is 4.37. The van der Waals surface area contributed by atoms with Crippen LogP contribution in [0.2, 0.25) is 0 Å². The Morgan fingerprint density at radius 3 is 2.74 bits per heavy atom. The van der Waals surface area contributed by atoms with Gasteiger partial charge in [0.2, 0.25) is 11.8 Å². The molecular weight excluding hydrogens is 344 g/mol. The summed E-state index contributed by atoms with van der Waals surface area (Å²) in [6, 6.07) is 5.87.